The lowest BCUT2D eigenvalue weighted by Crippen LogP contribution is -2.00. The molecule has 0 saturated heterocycles. The Morgan fingerprint density at radius 3 is 2.94 bits per heavy atom. The minimum atomic E-state index is -0.664. The van der Waals surface area contributed by atoms with Crippen LogP contribution < -0.4 is 0 Å². The normalized spacial score (nSPS) is 12.8. The number of aliphatic hydroxyl groups is 1. The standard InChI is InChI=1S/C13H10N2OS/c16-13(9-2-1-4-14-7-9)10-6-12-11(15-8-10)3-5-17-12/h1-8,13,16H. The van der Waals surface area contributed by atoms with E-state index < -0.39 is 6.10 Å². The Labute approximate surface area is 102 Å². The summed E-state index contributed by atoms with van der Waals surface area (Å²) in [4.78, 5) is 8.32. The first-order chi connectivity index (χ1) is 8.34. The maximum Gasteiger partial charge on any atom is 0.107 e. The molecule has 4 heteroatoms. The van der Waals surface area contributed by atoms with Crippen LogP contribution in [-0.2, 0) is 0 Å². The molecule has 17 heavy (non-hydrogen) atoms. The van der Waals surface area contributed by atoms with Crippen LogP contribution in [0, 0.1) is 0 Å². The predicted molar refractivity (Wildman–Crippen MR) is 67.9 cm³/mol. The van der Waals surface area contributed by atoms with E-state index in [1.54, 1.807) is 29.9 Å². The van der Waals surface area contributed by atoms with Crippen LogP contribution in [0.3, 0.4) is 0 Å². The topological polar surface area (TPSA) is 46.0 Å². The Morgan fingerprint density at radius 2 is 2.12 bits per heavy atom. The zero-order chi connectivity index (χ0) is 11.7. The summed E-state index contributed by atoms with van der Waals surface area (Å²) >= 11 is 1.62. The van der Waals surface area contributed by atoms with E-state index in [4.69, 9.17) is 0 Å². The highest BCUT2D eigenvalue weighted by molar-refractivity contribution is 7.17. The summed E-state index contributed by atoms with van der Waals surface area (Å²) in [6.07, 6.45) is 4.41. The smallest absolute Gasteiger partial charge is 0.107 e. The summed E-state index contributed by atoms with van der Waals surface area (Å²) in [6, 6.07) is 7.62. The quantitative estimate of drug-likeness (QED) is 0.751. The fraction of sp³-hybridized carbons (Fsp3) is 0.0769. The lowest BCUT2D eigenvalue weighted by Gasteiger charge is -2.10. The number of rotatable bonds is 2. The molecule has 0 aliphatic rings. The third-order valence-electron chi connectivity index (χ3n) is 2.64. The van der Waals surface area contributed by atoms with Crippen molar-refractivity contribution in [1.82, 2.24) is 9.97 Å². The predicted octanol–water partition coefficient (Wildman–Crippen LogP) is 2.77. The van der Waals surface area contributed by atoms with Crippen molar-refractivity contribution in [2.75, 3.05) is 0 Å². The Morgan fingerprint density at radius 1 is 1.18 bits per heavy atom. The van der Waals surface area contributed by atoms with Gasteiger partial charge in [0.2, 0.25) is 0 Å². The first kappa shape index (κ1) is 10.4. The minimum absolute atomic E-state index is 0.664. The van der Waals surface area contributed by atoms with Gasteiger partial charge in [-0.15, -0.1) is 11.3 Å². The zero-order valence-corrected chi connectivity index (χ0v) is 9.76. The molecule has 3 nitrogen and oxygen atoms in total. The number of aliphatic hydroxyl groups excluding tert-OH is 1. The number of aromatic nitrogens is 2. The lowest BCUT2D eigenvalue weighted by atomic mass is 10.1. The second-order valence-corrected chi connectivity index (χ2v) is 4.71. The second-order valence-electron chi connectivity index (χ2n) is 3.76. The Hall–Kier alpha value is -1.78. The van der Waals surface area contributed by atoms with Gasteiger partial charge < -0.3 is 5.11 Å². The van der Waals surface area contributed by atoms with Crippen molar-refractivity contribution in [3.05, 3.63) is 59.4 Å². The van der Waals surface area contributed by atoms with Crippen LogP contribution in [0.5, 0.6) is 0 Å². The van der Waals surface area contributed by atoms with Gasteiger partial charge in [0.25, 0.3) is 0 Å². The summed E-state index contributed by atoms with van der Waals surface area (Å²) in [7, 11) is 0. The number of fused-ring (bicyclic) bond motifs is 1. The van der Waals surface area contributed by atoms with Gasteiger partial charge in [0.05, 0.1) is 10.2 Å². The molecule has 0 aromatic carbocycles. The van der Waals surface area contributed by atoms with Gasteiger partial charge in [-0.2, -0.15) is 0 Å². The molecule has 0 amide bonds. The summed E-state index contributed by atoms with van der Waals surface area (Å²) in [5.74, 6) is 0. The van der Waals surface area contributed by atoms with E-state index in [0.717, 1.165) is 21.3 Å². The average Bonchev–Trinajstić information content (AvgIpc) is 2.86. The fourth-order valence-corrected chi connectivity index (χ4v) is 2.53. The van der Waals surface area contributed by atoms with Crippen LogP contribution in [0.2, 0.25) is 0 Å². The summed E-state index contributed by atoms with van der Waals surface area (Å²) in [5, 5.41) is 12.2. The molecule has 0 radical (unpaired) electrons. The first-order valence-corrected chi connectivity index (χ1v) is 6.14. The second kappa shape index (κ2) is 4.24. The molecule has 0 saturated carbocycles. The monoisotopic (exact) mass is 242 g/mol. The molecule has 0 spiro atoms. The molecule has 0 aliphatic carbocycles. The molecule has 1 unspecified atom stereocenters. The largest absolute Gasteiger partial charge is 0.384 e. The van der Waals surface area contributed by atoms with Gasteiger partial charge in [-0.1, -0.05) is 6.07 Å². The SMILES string of the molecule is OC(c1cccnc1)c1cnc2ccsc2c1. The number of nitrogens with zero attached hydrogens (tertiary/aromatic N) is 2. The number of hydrogen-bond donors (Lipinski definition) is 1. The number of hydrogen-bond acceptors (Lipinski definition) is 4. The molecule has 3 rings (SSSR count). The highest BCUT2D eigenvalue weighted by Crippen LogP contribution is 2.25. The molecular weight excluding hydrogens is 232 g/mol. The lowest BCUT2D eigenvalue weighted by molar-refractivity contribution is 0.219. The van der Waals surface area contributed by atoms with Gasteiger partial charge in [0.1, 0.15) is 6.10 Å². The third-order valence-corrected chi connectivity index (χ3v) is 3.49. The first-order valence-electron chi connectivity index (χ1n) is 5.26. The van der Waals surface area contributed by atoms with Crippen LogP contribution in [0.15, 0.2) is 48.2 Å². The van der Waals surface area contributed by atoms with Crippen molar-refractivity contribution >= 4 is 21.6 Å². The zero-order valence-electron chi connectivity index (χ0n) is 8.95. The third kappa shape index (κ3) is 1.92. The summed E-state index contributed by atoms with van der Waals surface area (Å²) in [6.45, 7) is 0. The van der Waals surface area contributed by atoms with Gasteiger partial charge in [-0.3, -0.25) is 9.97 Å². The van der Waals surface area contributed by atoms with Crippen LogP contribution in [0.4, 0.5) is 0 Å². The molecular formula is C13H10N2OS. The van der Waals surface area contributed by atoms with E-state index in [1.807, 2.05) is 29.6 Å². The van der Waals surface area contributed by atoms with Crippen molar-refractivity contribution < 1.29 is 5.11 Å². The molecule has 0 aliphatic heterocycles. The highest BCUT2D eigenvalue weighted by atomic mass is 32.1. The van der Waals surface area contributed by atoms with Crippen molar-refractivity contribution in [2.24, 2.45) is 0 Å². The van der Waals surface area contributed by atoms with Crippen LogP contribution in [0.25, 0.3) is 10.2 Å². The molecule has 1 atom stereocenters. The molecule has 0 bridgehead atoms. The van der Waals surface area contributed by atoms with E-state index in [0.29, 0.717) is 0 Å². The average molecular weight is 242 g/mol. The van der Waals surface area contributed by atoms with E-state index in [9.17, 15) is 5.11 Å². The highest BCUT2D eigenvalue weighted by Gasteiger charge is 2.11. The van der Waals surface area contributed by atoms with Crippen molar-refractivity contribution in [3.63, 3.8) is 0 Å². The number of thiophene rings is 1. The van der Waals surface area contributed by atoms with Gasteiger partial charge in [0, 0.05) is 29.7 Å². The molecule has 84 valence electrons. The molecule has 3 aromatic heterocycles. The van der Waals surface area contributed by atoms with E-state index >= 15 is 0 Å². The van der Waals surface area contributed by atoms with Crippen molar-refractivity contribution in [1.29, 1.82) is 0 Å². The molecule has 3 heterocycles. The minimum Gasteiger partial charge on any atom is -0.384 e. The molecule has 3 aromatic rings. The van der Waals surface area contributed by atoms with Crippen LogP contribution >= 0.6 is 11.3 Å². The van der Waals surface area contributed by atoms with Gasteiger partial charge in [0.15, 0.2) is 0 Å². The van der Waals surface area contributed by atoms with E-state index in [2.05, 4.69) is 9.97 Å². The maximum atomic E-state index is 10.2. The Bertz CT molecular complexity index is 636. The summed E-state index contributed by atoms with van der Waals surface area (Å²) < 4.78 is 1.09. The summed E-state index contributed by atoms with van der Waals surface area (Å²) in [5.41, 5.74) is 2.55. The Balaban J connectivity index is 2.03. The molecule has 1 N–H and O–H groups in total. The van der Waals surface area contributed by atoms with Crippen LogP contribution in [-0.4, -0.2) is 15.1 Å². The Kier molecular flexibility index (Phi) is 2.59. The van der Waals surface area contributed by atoms with Gasteiger partial charge in [-0.25, -0.2) is 0 Å². The molecule has 0 fully saturated rings. The van der Waals surface area contributed by atoms with E-state index in [-0.39, 0.29) is 0 Å². The van der Waals surface area contributed by atoms with Crippen LogP contribution in [0.1, 0.15) is 17.2 Å². The van der Waals surface area contributed by atoms with Gasteiger partial charge >= 0.3 is 0 Å². The number of pyridine rings is 2. The maximum absolute atomic E-state index is 10.2. The van der Waals surface area contributed by atoms with E-state index in [1.165, 1.54) is 0 Å². The fourth-order valence-electron chi connectivity index (χ4n) is 1.74. The van der Waals surface area contributed by atoms with Crippen molar-refractivity contribution in [3.8, 4) is 0 Å². The van der Waals surface area contributed by atoms with Crippen molar-refractivity contribution in [2.45, 2.75) is 6.10 Å². The van der Waals surface area contributed by atoms with Gasteiger partial charge in [-0.05, 0) is 23.6 Å².